The maximum Gasteiger partial charge on any atom is 0.417 e. The van der Waals surface area contributed by atoms with Crippen LogP contribution in [0.25, 0.3) is 0 Å². The molecule has 0 atom stereocenters. The molecule has 1 amide bonds. The molecule has 1 aromatic carbocycles. The van der Waals surface area contributed by atoms with Gasteiger partial charge in [0.25, 0.3) is 0 Å². The minimum Gasteiger partial charge on any atom is -0.325 e. The maximum atomic E-state index is 13.0. The van der Waals surface area contributed by atoms with Gasteiger partial charge in [0.2, 0.25) is 5.91 Å². The van der Waals surface area contributed by atoms with Crippen molar-refractivity contribution in [2.45, 2.75) is 18.1 Å². The summed E-state index contributed by atoms with van der Waals surface area (Å²) in [5.74, 6) is -0.626. The summed E-state index contributed by atoms with van der Waals surface area (Å²) in [5.41, 5.74) is -1.01. The number of benzene rings is 1. The molecule has 2 aromatic rings. The SMILES string of the molecule is Cc1cc(C(F)(F)F)c(C#N)c(SCC(=O)Nc2ccc(Cl)cc2)n1. The summed E-state index contributed by atoms with van der Waals surface area (Å²) in [4.78, 5) is 15.9. The Balaban J connectivity index is 2.15. The van der Waals surface area contributed by atoms with Crippen LogP contribution in [-0.4, -0.2) is 16.6 Å². The molecule has 0 saturated carbocycles. The van der Waals surface area contributed by atoms with Gasteiger partial charge in [-0.1, -0.05) is 23.4 Å². The maximum absolute atomic E-state index is 13.0. The van der Waals surface area contributed by atoms with Crippen molar-refractivity contribution in [3.05, 3.63) is 52.2 Å². The predicted molar refractivity (Wildman–Crippen MR) is 89.5 cm³/mol. The van der Waals surface area contributed by atoms with Gasteiger partial charge in [0.1, 0.15) is 11.1 Å². The number of alkyl halides is 3. The zero-order valence-corrected chi connectivity index (χ0v) is 14.4. The number of nitrogens with one attached hydrogen (secondary N) is 1. The first kappa shape index (κ1) is 19.1. The summed E-state index contributed by atoms with van der Waals surface area (Å²) < 4.78 is 39.1. The fraction of sp³-hybridized carbons (Fsp3) is 0.188. The zero-order valence-electron chi connectivity index (χ0n) is 12.8. The van der Waals surface area contributed by atoms with Crippen molar-refractivity contribution in [1.29, 1.82) is 5.26 Å². The average Bonchev–Trinajstić information content (AvgIpc) is 2.53. The van der Waals surface area contributed by atoms with Crippen molar-refractivity contribution >= 4 is 35.0 Å². The molecule has 0 spiro atoms. The molecule has 0 fully saturated rings. The van der Waals surface area contributed by atoms with E-state index in [0.29, 0.717) is 10.7 Å². The topological polar surface area (TPSA) is 65.8 Å². The first-order valence-electron chi connectivity index (χ1n) is 6.88. The number of halogens is 4. The summed E-state index contributed by atoms with van der Waals surface area (Å²) in [6.45, 7) is 1.40. The molecule has 25 heavy (non-hydrogen) atoms. The van der Waals surface area contributed by atoms with Crippen molar-refractivity contribution in [2.75, 3.05) is 11.1 Å². The van der Waals surface area contributed by atoms with Gasteiger partial charge in [-0.2, -0.15) is 18.4 Å². The highest BCUT2D eigenvalue weighted by molar-refractivity contribution is 8.00. The monoisotopic (exact) mass is 385 g/mol. The van der Waals surface area contributed by atoms with Crippen molar-refractivity contribution in [3.63, 3.8) is 0 Å². The fourth-order valence-electron chi connectivity index (χ4n) is 1.94. The number of amides is 1. The number of carbonyl (C=O) groups is 1. The van der Waals surface area contributed by atoms with Crippen LogP contribution in [0, 0.1) is 18.3 Å². The van der Waals surface area contributed by atoms with Gasteiger partial charge in [-0.15, -0.1) is 0 Å². The Morgan fingerprint density at radius 3 is 2.56 bits per heavy atom. The highest BCUT2D eigenvalue weighted by atomic mass is 35.5. The standard InChI is InChI=1S/C16H11ClF3N3OS/c1-9-6-13(16(18,19)20)12(7-21)15(22-9)25-8-14(24)23-11-4-2-10(17)3-5-11/h2-6H,8H2,1H3,(H,23,24). The van der Waals surface area contributed by atoms with Crippen LogP contribution < -0.4 is 5.32 Å². The molecule has 0 radical (unpaired) electrons. The molecular weight excluding hydrogens is 375 g/mol. The molecular formula is C16H11ClF3N3OS. The largest absolute Gasteiger partial charge is 0.417 e. The number of rotatable bonds is 4. The van der Waals surface area contributed by atoms with Crippen LogP contribution in [0.4, 0.5) is 18.9 Å². The van der Waals surface area contributed by atoms with E-state index >= 15 is 0 Å². The summed E-state index contributed by atoms with van der Waals surface area (Å²) >= 11 is 6.52. The van der Waals surface area contributed by atoms with E-state index < -0.39 is 23.2 Å². The van der Waals surface area contributed by atoms with Crippen molar-refractivity contribution in [2.24, 2.45) is 0 Å². The van der Waals surface area contributed by atoms with E-state index in [1.54, 1.807) is 24.3 Å². The number of carbonyl (C=O) groups excluding carboxylic acids is 1. The third-order valence-corrected chi connectivity index (χ3v) is 4.23. The second kappa shape index (κ2) is 7.76. The molecule has 1 N–H and O–H groups in total. The number of anilines is 1. The van der Waals surface area contributed by atoms with E-state index in [2.05, 4.69) is 10.3 Å². The Kier molecular flexibility index (Phi) is 5.93. The lowest BCUT2D eigenvalue weighted by atomic mass is 10.1. The average molecular weight is 386 g/mol. The Hall–Kier alpha value is -2.24. The van der Waals surface area contributed by atoms with E-state index in [1.807, 2.05) is 0 Å². The van der Waals surface area contributed by atoms with Crippen LogP contribution in [-0.2, 0) is 11.0 Å². The first-order chi connectivity index (χ1) is 11.7. The summed E-state index contributed by atoms with van der Waals surface area (Å²) in [6, 6.07) is 8.72. The zero-order chi connectivity index (χ0) is 18.6. The van der Waals surface area contributed by atoms with Gasteiger partial charge in [-0.05, 0) is 37.3 Å². The highest BCUT2D eigenvalue weighted by Crippen LogP contribution is 2.35. The number of aromatic nitrogens is 1. The molecule has 0 unspecified atom stereocenters. The van der Waals surface area contributed by atoms with Gasteiger partial charge in [0.15, 0.2) is 0 Å². The van der Waals surface area contributed by atoms with Gasteiger partial charge >= 0.3 is 6.18 Å². The molecule has 4 nitrogen and oxygen atoms in total. The summed E-state index contributed by atoms with van der Waals surface area (Å²) in [5, 5.41) is 12.0. The normalized spacial score (nSPS) is 11.0. The van der Waals surface area contributed by atoms with Crippen LogP contribution in [0.3, 0.4) is 0 Å². The predicted octanol–water partition coefficient (Wildman–Crippen LogP) is 4.66. The van der Waals surface area contributed by atoms with E-state index in [1.165, 1.54) is 13.0 Å². The Morgan fingerprint density at radius 1 is 1.36 bits per heavy atom. The lowest BCUT2D eigenvalue weighted by Gasteiger charge is -2.12. The highest BCUT2D eigenvalue weighted by Gasteiger charge is 2.35. The van der Waals surface area contributed by atoms with Gasteiger partial charge in [0.05, 0.1) is 16.9 Å². The van der Waals surface area contributed by atoms with E-state index in [-0.39, 0.29) is 16.5 Å². The number of thioether (sulfide) groups is 1. The van der Waals surface area contributed by atoms with Gasteiger partial charge in [-0.3, -0.25) is 4.79 Å². The second-order valence-electron chi connectivity index (χ2n) is 4.94. The van der Waals surface area contributed by atoms with E-state index in [9.17, 15) is 18.0 Å². The summed E-state index contributed by atoms with van der Waals surface area (Å²) in [6.07, 6.45) is -4.67. The molecule has 9 heteroatoms. The van der Waals surface area contributed by atoms with E-state index in [0.717, 1.165) is 17.8 Å². The number of hydrogen-bond donors (Lipinski definition) is 1. The smallest absolute Gasteiger partial charge is 0.325 e. The third kappa shape index (κ3) is 5.11. The van der Waals surface area contributed by atoms with Crippen LogP contribution >= 0.6 is 23.4 Å². The molecule has 130 valence electrons. The van der Waals surface area contributed by atoms with Gasteiger partial charge < -0.3 is 5.32 Å². The fourth-order valence-corrected chi connectivity index (χ4v) is 2.92. The first-order valence-corrected chi connectivity index (χ1v) is 8.24. The van der Waals surface area contributed by atoms with Crippen molar-refractivity contribution in [3.8, 4) is 6.07 Å². The molecule has 2 rings (SSSR count). The van der Waals surface area contributed by atoms with Gasteiger partial charge in [0, 0.05) is 16.4 Å². The lowest BCUT2D eigenvalue weighted by molar-refractivity contribution is -0.138. The second-order valence-corrected chi connectivity index (χ2v) is 6.35. The van der Waals surface area contributed by atoms with Crippen molar-refractivity contribution < 1.29 is 18.0 Å². The number of nitrogens with zero attached hydrogens (tertiary/aromatic N) is 2. The summed E-state index contributed by atoms with van der Waals surface area (Å²) in [7, 11) is 0. The molecule has 0 saturated heterocycles. The minimum absolute atomic E-state index is 0.118. The molecule has 1 heterocycles. The van der Waals surface area contributed by atoms with Crippen LogP contribution in [0.5, 0.6) is 0 Å². The minimum atomic E-state index is -4.67. The third-order valence-electron chi connectivity index (χ3n) is 3.00. The van der Waals surface area contributed by atoms with Crippen LogP contribution in [0.2, 0.25) is 5.02 Å². The molecule has 1 aromatic heterocycles. The quantitative estimate of drug-likeness (QED) is 0.777. The lowest BCUT2D eigenvalue weighted by Crippen LogP contribution is -2.15. The molecule has 0 bridgehead atoms. The van der Waals surface area contributed by atoms with E-state index in [4.69, 9.17) is 16.9 Å². The Labute approximate surface area is 151 Å². The van der Waals surface area contributed by atoms with Crippen LogP contribution in [0.15, 0.2) is 35.4 Å². The van der Waals surface area contributed by atoms with Crippen molar-refractivity contribution in [1.82, 2.24) is 4.98 Å². The molecule has 0 aliphatic heterocycles. The number of nitriles is 1. The van der Waals surface area contributed by atoms with Crippen LogP contribution in [0.1, 0.15) is 16.8 Å². The van der Waals surface area contributed by atoms with Gasteiger partial charge in [-0.25, -0.2) is 4.98 Å². The number of pyridine rings is 1. The number of aryl methyl sites for hydroxylation is 1. The molecule has 0 aliphatic carbocycles. The Bertz CT molecular complexity index is 832. The number of hydrogen-bond acceptors (Lipinski definition) is 4. The Morgan fingerprint density at radius 2 is 2.00 bits per heavy atom. The molecule has 0 aliphatic rings.